The van der Waals surface area contributed by atoms with Gasteiger partial charge < -0.3 is 10.0 Å². The number of carbonyl (C=O) groups excluding carboxylic acids is 1. The fraction of sp³-hybridized carbons (Fsp3) is 0.316. The summed E-state index contributed by atoms with van der Waals surface area (Å²) in [4.78, 5) is 14.5. The molecule has 0 heterocycles. The van der Waals surface area contributed by atoms with Crippen molar-refractivity contribution in [2.45, 2.75) is 20.3 Å². The van der Waals surface area contributed by atoms with Crippen LogP contribution in [0.25, 0.3) is 0 Å². The molecule has 0 aromatic heterocycles. The maximum absolute atomic E-state index is 12.6. The van der Waals surface area contributed by atoms with Gasteiger partial charge in [0, 0.05) is 42.5 Å². The van der Waals surface area contributed by atoms with Gasteiger partial charge in [0.1, 0.15) is 0 Å². The summed E-state index contributed by atoms with van der Waals surface area (Å²) in [7, 11) is 3.81. The molecule has 0 fully saturated rings. The summed E-state index contributed by atoms with van der Waals surface area (Å²) < 4.78 is 0. The Morgan fingerprint density at radius 2 is 1.74 bits per heavy atom. The van der Waals surface area contributed by atoms with Crippen LogP contribution in [0.15, 0.2) is 42.5 Å². The summed E-state index contributed by atoms with van der Waals surface area (Å²) in [6, 6.07) is 13.0. The van der Waals surface area contributed by atoms with Gasteiger partial charge in [0.05, 0.1) is 0 Å². The van der Waals surface area contributed by atoms with Crippen molar-refractivity contribution >= 4 is 23.1 Å². The molecule has 2 aromatic rings. The van der Waals surface area contributed by atoms with Crippen LogP contribution >= 0.6 is 11.6 Å². The molecule has 2 aromatic carbocycles. The van der Waals surface area contributed by atoms with Gasteiger partial charge in [0.2, 0.25) is 0 Å². The molecule has 4 heteroatoms. The monoisotopic (exact) mass is 333 g/mol. The van der Waals surface area contributed by atoms with Gasteiger partial charge in [-0.1, -0.05) is 42.8 Å². The minimum atomic E-state index is 0.0264. The Bertz CT molecular complexity index is 652. The molecule has 0 aliphatic heterocycles. The molecule has 0 spiro atoms. The first-order valence-corrected chi connectivity index (χ1v) is 7.98. The fourth-order valence-corrected chi connectivity index (χ4v) is 2.21. The van der Waals surface area contributed by atoms with E-state index in [1.54, 1.807) is 12.1 Å². The lowest BCUT2D eigenvalue weighted by molar-refractivity contribution is 0.103. The average molecular weight is 334 g/mol. The topological polar surface area (TPSA) is 40.5 Å². The predicted octanol–water partition coefficient (Wildman–Crippen LogP) is 4.33. The number of rotatable bonds is 4. The second-order valence-electron chi connectivity index (χ2n) is 5.42. The molecular formula is C19H24ClNO2. The molecule has 3 nitrogen and oxygen atoms in total. The number of aryl methyl sites for hydroxylation is 1. The van der Waals surface area contributed by atoms with Gasteiger partial charge in [-0.3, -0.25) is 4.79 Å². The van der Waals surface area contributed by atoms with Crippen LogP contribution in [0, 0.1) is 6.92 Å². The van der Waals surface area contributed by atoms with Crippen LogP contribution in [-0.2, 0) is 0 Å². The van der Waals surface area contributed by atoms with Crippen LogP contribution in [-0.4, -0.2) is 31.6 Å². The smallest absolute Gasteiger partial charge is 0.195 e. The number of benzene rings is 2. The molecule has 23 heavy (non-hydrogen) atoms. The highest BCUT2D eigenvalue weighted by molar-refractivity contribution is 6.31. The van der Waals surface area contributed by atoms with Crippen LogP contribution in [0.4, 0.5) is 5.69 Å². The van der Waals surface area contributed by atoms with Gasteiger partial charge >= 0.3 is 0 Å². The van der Waals surface area contributed by atoms with Crippen molar-refractivity contribution in [2.24, 2.45) is 0 Å². The van der Waals surface area contributed by atoms with Gasteiger partial charge in [-0.15, -0.1) is 0 Å². The molecule has 0 aliphatic carbocycles. The third-order valence-corrected chi connectivity index (χ3v) is 3.53. The Labute approximate surface area is 143 Å². The van der Waals surface area contributed by atoms with Crippen LogP contribution in [0.5, 0.6) is 0 Å². The molecule has 0 radical (unpaired) electrons. The Balaban J connectivity index is 0.000000593. The summed E-state index contributed by atoms with van der Waals surface area (Å²) in [5.41, 5.74) is 3.21. The highest BCUT2D eigenvalue weighted by Crippen LogP contribution is 2.26. The SMILES string of the molecule is CCCO.Cc1ccccc1C(=O)c1ccc(Cl)cc1N(C)C. The van der Waals surface area contributed by atoms with Crippen molar-refractivity contribution in [3.8, 4) is 0 Å². The number of hydrogen-bond acceptors (Lipinski definition) is 3. The zero-order valence-corrected chi connectivity index (χ0v) is 14.9. The molecule has 0 saturated heterocycles. The lowest BCUT2D eigenvalue weighted by Gasteiger charge is -2.17. The minimum absolute atomic E-state index is 0.0264. The Morgan fingerprint density at radius 1 is 1.13 bits per heavy atom. The molecule has 0 amide bonds. The first-order chi connectivity index (χ1) is 10.9. The number of halogens is 1. The number of nitrogens with zero attached hydrogens (tertiary/aromatic N) is 1. The highest BCUT2D eigenvalue weighted by Gasteiger charge is 2.16. The maximum atomic E-state index is 12.6. The van der Waals surface area contributed by atoms with Gasteiger partial charge in [0.25, 0.3) is 0 Å². The van der Waals surface area contributed by atoms with E-state index in [0.29, 0.717) is 17.2 Å². The lowest BCUT2D eigenvalue weighted by Crippen LogP contribution is -2.15. The number of ketones is 1. The first kappa shape index (κ1) is 19.2. The summed E-state index contributed by atoms with van der Waals surface area (Å²) in [5.74, 6) is 0.0264. The van der Waals surface area contributed by atoms with E-state index in [2.05, 4.69) is 0 Å². The summed E-state index contributed by atoms with van der Waals surface area (Å²) in [6.45, 7) is 4.19. The Hall–Kier alpha value is -1.84. The highest BCUT2D eigenvalue weighted by atomic mass is 35.5. The van der Waals surface area contributed by atoms with E-state index in [-0.39, 0.29) is 5.78 Å². The zero-order valence-electron chi connectivity index (χ0n) is 14.1. The fourth-order valence-electron chi connectivity index (χ4n) is 2.04. The number of aliphatic hydroxyl groups excluding tert-OH is 1. The number of aliphatic hydroxyl groups is 1. The molecule has 0 bridgehead atoms. The van der Waals surface area contributed by atoms with E-state index in [0.717, 1.165) is 23.2 Å². The van der Waals surface area contributed by atoms with Crippen molar-refractivity contribution in [3.05, 3.63) is 64.2 Å². The van der Waals surface area contributed by atoms with Crippen LogP contribution in [0.3, 0.4) is 0 Å². The van der Waals surface area contributed by atoms with Crippen LogP contribution in [0.2, 0.25) is 5.02 Å². The number of carbonyl (C=O) groups is 1. The van der Waals surface area contributed by atoms with E-state index >= 15 is 0 Å². The summed E-state index contributed by atoms with van der Waals surface area (Å²) in [5, 5.41) is 8.50. The van der Waals surface area contributed by atoms with E-state index in [1.165, 1.54) is 0 Å². The first-order valence-electron chi connectivity index (χ1n) is 7.60. The van der Waals surface area contributed by atoms with Crippen molar-refractivity contribution in [3.63, 3.8) is 0 Å². The minimum Gasteiger partial charge on any atom is -0.396 e. The molecule has 0 saturated carbocycles. The predicted molar refractivity (Wildman–Crippen MR) is 97.8 cm³/mol. The molecule has 0 aliphatic rings. The Morgan fingerprint density at radius 3 is 2.26 bits per heavy atom. The molecule has 1 N–H and O–H groups in total. The van der Waals surface area contributed by atoms with E-state index in [9.17, 15) is 4.79 Å². The number of anilines is 1. The van der Waals surface area contributed by atoms with Crippen molar-refractivity contribution in [1.82, 2.24) is 0 Å². The molecular weight excluding hydrogens is 310 g/mol. The molecule has 0 atom stereocenters. The third-order valence-electron chi connectivity index (χ3n) is 3.30. The quantitative estimate of drug-likeness (QED) is 0.846. The average Bonchev–Trinajstić information content (AvgIpc) is 2.54. The van der Waals surface area contributed by atoms with Gasteiger partial charge in [-0.25, -0.2) is 0 Å². The number of hydrogen-bond donors (Lipinski definition) is 1. The van der Waals surface area contributed by atoms with Gasteiger partial charge in [-0.2, -0.15) is 0 Å². The zero-order chi connectivity index (χ0) is 17.4. The normalized spacial score (nSPS) is 9.83. The van der Waals surface area contributed by atoms with Crippen molar-refractivity contribution in [2.75, 3.05) is 25.6 Å². The van der Waals surface area contributed by atoms with Gasteiger partial charge in [-0.05, 0) is 37.1 Å². The lowest BCUT2D eigenvalue weighted by atomic mass is 9.98. The van der Waals surface area contributed by atoms with E-state index < -0.39 is 0 Å². The van der Waals surface area contributed by atoms with Crippen molar-refractivity contribution in [1.29, 1.82) is 0 Å². The van der Waals surface area contributed by atoms with Gasteiger partial charge in [0.15, 0.2) is 5.78 Å². The third kappa shape index (κ3) is 5.38. The standard InChI is InChI=1S/C16H16ClNO.C3H8O/c1-11-6-4-5-7-13(11)16(19)14-9-8-12(17)10-15(14)18(2)3;1-2-3-4/h4-10H,1-3H3;4H,2-3H2,1H3. The van der Waals surface area contributed by atoms with Crippen LogP contribution in [0.1, 0.15) is 34.8 Å². The Kier molecular flexibility index (Phi) is 7.79. The summed E-state index contributed by atoms with van der Waals surface area (Å²) in [6.07, 6.45) is 0.875. The molecule has 0 unspecified atom stereocenters. The maximum Gasteiger partial charge on any atom is 0.195 e. The summed E-state index contributed by atoms with van der Waals surface area (Å²) >= 11 is 6.00. The van der Waals surface area contributed by atoms with E-state index in [4.69, 9.17) is 16.7 Å². The van der Waals surface area contributed by atoms with Crippen LogP contribution < -0.4 is 4.90 Å². The van der Waals surface area contributed by atoms with Crippen molar-refractivity contribution < 1.29 is 9.90 Å². The van der Waals surface area contributed by atoms with E-state index in [1.807, 2.05) is 63.2 Å². The second kappa shape index (κ2) is 9.33. The second-order valence-corrected chi connectivity index (χ2v) is 5.86. The largest absolute Gasteiger partial charge is 0.396 e. The molecule has 124 valence electrons. The molecule has 2 rings (SSSR count).